The van der Waals surface area contributed by atoms with E-state index in [0.29, 0.717) is 0 Å². The fourth-order valence-electron chi connectivity index (χ4n) is 0.265. The SMILES string of the molecule is COP(=O)(OC)OC=C(Cl)Cl.O. The molecule has 0 atom stereocenters. The summed E-state index contributed by atoms with van der Waals surface area (Å²) in [5.41, 5.74) is 0. The summed E-state index contributed by atoms with van der Waals surface area (Å²) in [5, 5.41) is 0. The van der Waals surface area contributed by atoms with Crippen molar-refractivity contribution in [1.29, 1.82) is 0 Å². The summed E-state index contributed by atoms with van der Waals surface area (Å²) >= 11 is 10.3. The predicted molar refractivity (Wildman–Crippen MR) is 46.1 cm³/mol. The monoisotopic (exact) mass is 238 g/mol. The summed E-state index contributed by atoms with van der Waals surface area (Å²) in [6.07, 6.45) is 0.872. The molecular weight excluding hydrogens is 230 g/mol. The Morgan fingerprint density at radius 3 is 2.00 bits per heavy atom. The van der Waals surface area contributed by atoms with E-state index < -0.39 is 7.82 Å². The highest BCUT2D eigenvalue weighted by atomic mass is 35.5. The Hall–Kier alpha value is 0.230. The van der Waals surface area contributed by atoms with Gasteiger partial charge in [-0.3, -0.25) is 9.05 Å². The molecule has 0 aliphatic carbocycles. The summed E-state index contributed by atoms with van der Waals surface area (Å²) < 4.78 is 24.1. The van der Waals surface area contributed by atoms with Crippen molar-refractivity contribution in [2.24, 2.45) is 0 Å². The van der Waals surface area contributed by atoms with Crippen LogP contribution in [-0.2, 0) is 18.1 Å². The van der Waals surface area contributed by atoms with Gasteiger partial charge in [0.25, 0.3) is 0 Å². The molecular formula is C4H9Cl2O5P. The van der Waals surface area contributed by atoms with Gasteiger partial charge in [-0.1, -0.05) is 23.2 Å². The van der Waals surface area contributed by atoms with Gasteiger partial charge in [0.2, 0.25) is 0 Å². The minimum absolute atomic E-state index is 0. The highest BCUT2D eigenvalue weighted by Crippen LogP contribution is 2.48. The topological polar surface area (TPSA) is 76.3 Å². The lowest BCUT2D eigenvalue weighted by atomic mass is 11.2. The fraction of sp³-hybridized carbons (Fsp3) is 0.500. The molecule has 0 rings (SSSR count). The molecule has 74 valence electrons. The Balaban J connectivity index is 0. The molecule has 0 heterocycles. The number of rotatable bonds is 4. The number of halogens is 2. The van der Waals surface area contributed by atoms with E-state index in [-0.39, 0.29) is 9.97 Å². The zero-order chi connectivity index (χ0) is 8.91. The van der Waals surface area contributed by atoms with Crippen LogP contribution in [0, 0.1) is 0 Å². The molecule has 0 aromatic heterocycles. The second-order valence-corrected chi connectivity index (χ2v) is 4.17. The summed E-state index contributed by atoms with van der Waals surface area (Å²) in [6.45, 7) is 0. The number of hydrogen-bond donors (Lipinski definition) is 0. The average molecular weight is 239 g/mol. The number of hydrogen-bond acceptors (Lipinski definition) is 4. The fourth-order valence-corrected chi connectivity index (χ4v) is 1.03. The average Bonchev–Trinajstić information content (AvgIpc) is 2.00. The zero-order valence-corrected chi connectivity index (χ0v) is 8.82. The number of phosphoric acid groups is 1. The quantitative estimate of drug-likeness (QED) is 0.554. The first kappa shape index (κ1) is 14.7. The Bertz CT molecular complexity index is 182. The smallest absolute Gasteiger partial charge is 0.412 e. The van der Waals surface area contributed by atoms with Crippen molar-refractivity contribution < 1.29 is 23.6 Å². The van der Waals surface area contributed by atoms with E-state index in [4.69, 9.17) is 23.2 Å². The standard InChI is InChI=1S/C4H7Cl2O4P.H2O/c1-8-11(7,9-2)10-3-4(5)6;/h3H,1-2H3;1H2. The minimum atomic E-state index is -3.48. The van der Waals surface area contributed by atoms with Crippen LogP contribution in [0.25, 0.3) is 0 Å². The molecule has 0 saturated heterocycles. The van der Waals surface area contributed by atoms with E-state index in [9.17, 15) is 4.57 Å². The molecule has 0 saturated carbocycles. The molecule has 0 fully saturated rings. The largest absolute Gasteiger partial charge is 0.529 e. The molecule has 0 aromatic rings. The molecule has 0 amide bonds. The normalized spacial score (nSPS) is 10.0. The van der Waals surface area contributed by atoms with Crippen LogP contribution in [0.3, 0.4) is 0 Å². The van der Waals surface area contributed by atoms with E-state index >= 15 is 0 Å². The minimum Gasteiger partial charge on any atom is -0.412 e. The van der Waals surface area contributed by atoms with Crippen molar-refractivity contribution in [1.82, 2.24) is 0 Å². The van der Waals surface area contributed by atoms with Gasteiger partial charge in [0.1, 0.15) is 10.8 Å². The van der Waals surface area contributed by atoms with Crippen molar-refractivity contribution in [2.45, 2.75) is 0 Å². The van der Waals surface area contributed by atoms with E-state index in [1.165, 1.54) is 14.2 Å². The van der Waals surface area contributed by atoms with Gasteiger partial charge in [-0.2, -0.15) is 0 Å². The summed E-state index contributed by atoms with van der Waals surface area (Å²) in [6, 6.07) is 0. The third-order valence-electron chi connectivity index (χ3n) is 0.718. The van der Waals surface area contributed by atoms with Crippen molar-refractivity contribution in [3.8, 4) is 0 Å². The van der Waals surface area contributed by atoms with Crippen LogP contribution < -0.4 is 0 Å². The molecule has 0 bridgehead atoms. The lowest BCUT2D eigenvalue weighted by Crippen LogP contribution is -1.88. The van der Waals surface area contributed by atoms with Gasteiger partial charge in [-0.15, -0.1) is 0 Å². The molecule has 0 radical (unpaired) electrons. The predicted octanol–water partition coefficient (Wildman–Crippen LogP) is 1.86. The van der Waals surface area contributed by atoms with Gasteiger partial charge in [-0.25, -0.2) is 4.57 Å². The van der Waals surface area contributed by atoms with Crippen molar-refractivity contribution in [3.05, 3.63) is 10.8 Å². The van der Waals surface area contributed by atoms with E-state index in [0.717, 1.165) is 6.26 Å². The first-order chi connectivity index (χ1) is 5.04. The molecule has 0 unspecified atom stereocenters. The maximum Gasteiger partial charge on any atom is 0.529 e. The van der Waals surface area contributed by atoms with E-state index in [1.807, 2.05) is 0 Å². The first-order valence-corrected chi connectivity index (χ1v) is 4.67. The van der Waals surface area contributed by atoms with Gasteiger partial charge in [0.15, 0.2) is 0 Å². The first-order valence-electron chi connectivity index (χ1n) is 2.45. The van der Waals surface area contributed by atoms with Crippen LogP contribution >= 0.6 is 31.0 Å². The Kier molecular flexibility index (Phi) is 8.25. The molecule has 5 nitrogen and oxygen atoms in total. The summed E-state index contributed by atoms with van der Waals surface area (Å²) in [7, 11) is -1.12. The maximum absolute atomic E-state index is 11.0. The second-order valence-electron chi connectivity index (χ2n) is 1.33. The molecule has 12 heavy (non-hydrogen) atoms. The molecule has 0 aromatic carbocycles. The van der Waals surface area contributed by atoms with Crippen LogP contribution in [0.4, 0.5) is 0 Å². The van der Waals surface area contributed by atoms with Crippen LogP contribution in [0.5, 0.6) is 0 Å². The highest BCUT2D eigenvalue weighted by Gasteiger charge is 2.22. The van der Waals surface area contributed by atoms with Crippen LogP contribution in [0.1, 0.15) is 0 Å². The molecule has 0 spiro atoms. The Morgan fingerprint density at radius 1 is 1.33 bits per heavy atom. The van der Waals surface area contributed by atoms with E-state index in [2.05, 4.69) is 13.6 Å². The summed E-state index contributed by atoms with van der Waals surface area (Å²) in [4.78, 5) is 0. The Morgan fingerprint density at radius 2 is 1.75 bits per heavy atom. The maximum atomic E-state index is 11.0. The van der Waals surface area contributed by atoms with Gasteiger partial charge < -0.3 is 10.00 Å². The van der Waals surface area contributed by atoms with E-state index in [1.54, 1.807) is 0 Å². The third-order valence-corrected chi connectivity index (χ3v) is 2.15. The molecule has 0 aliphatic rings. The van der Waals surface area contributed by atoms with Crippen LogP contribution in [0.2, 0.25) is 0 Å². The number of phosphoric ester groups is 1. The van der Waals surface area contributed by atoms with Crippen molar-refractivity contribution >= 4 is 31.0 Å². The molecule has 0 aliphatic heterocycles. The van der Waals surface area contributed by atoms with Gasteiger partial charge in [0, 0.05) is 14.2 Å². The van der Waals surface area contributed by atoms with Crippen LogP contribution in [0.15, 0.2) is 10.8 Å². The summed E-state index contributed by atoms with van der Waals surface area (Å²) in [5.74, 6) is 0. The molecule has 8 heteroatoms. The van der Waals surface area contributed by atoms with Gasteiger partial charge in [-0.05, 0) is 0 Å². The lowest BCUT2D eigenvalue weighted by molar-refractivity contribution is 0.194. The van der Waals surface area contributed by atoms with Crippen molar-refractivity contribution in [3.63, 3.8) is 0 Å². The second kappa shape index (κ2) is 6.71. The zero-order valence-electron chi connectivity index (χ0n) is 6.41. The Labute approximate surface area is 80.1 Å². The van der Waals surface area contributed by atoms with Gasteiger partial charge >= 0.3 is 7.82 Å². The van der Waals surface area contributed by atoms with Crippen molar-refractivity contribution in [2.75, 3.05) is 14.2 Å². The molecule has 2 N–H and O–H groups in total. The third kappa shape index (κ3) is 5.83. The van der Waals surface area contributed by atoms with Gasteiger partial charge in [0.05, 0.1) is 0 Å². The lowest BCUT2D eigenvalue weighted by Gasteiger charge is -2.10. The van der Waals surface area contributed by atoms with Crippen LogP contribution in [-0.4, -0.2) is 19.7 Å². The highest BCUT2D eigenvalue weighted by molar-refractivity contribution is 7.48.